The van der Waals surface area contributed by atoms with Crippen LogP contribution in [0.1, 0.15) is 58.1 Å². The van der Waals surface area contributed by atoms with Gasteiger partial charge in [0.25, 0.3) is 0 Å². The third-order valence-corrected chi connectivity index (χ3v) is 3.35. The average molecular weight is 220 g/mol. The van der Waals surface area contributed by atoms with Crippen LogP contribution in [0.4, 0.5) is 0 Å². The predicted molar refractivity (Wildman–Crippen MR) is 70.0 cm³/mol. The van der Waals surface area contributed by atoms with Crippen molar-refractivity contribution >= 4 is 0 Å². The molecule has 0 atom stereocenters. The van der Waals surface area contributed by atoms with E-state index in [1.165, 1.54) is 18.4 Å². The van der Waals surface area contributed by atoms with Gasteiger partial charge in [-0.15, -0.1) is 0 Å². The van der Waals surface area contributed by atoms with Crippen molar-refractivity contribution in [1.82, 2.24) is 0 Å². The van der Waals surface area contributed by atoms with E-state index in [0.29, 0.717) is 5.75 Å². The highest BCUT2D eigenvalue weighted by Crippen LogP contribution is 2.35. The molecule has 0 saturated carbocycles. The summed E-state index contributed by atoms with van der Waals surface area (Å²) in [6, 6.07) is 6.00. The Morgan fingerprint density at radius 3 is 2.44 bits per heavy atom. The monoisotopic (exact) mass is 220 g/mol. The van der Waals surface area contributed by atoms with Crippen LogP contribution in [0, 0.1) is 0 Å². The fourth-order valence-corrected chi connectivity index (χ4v) is 2.10. The van der Waals surface area contributed by atoms with Crippen LogP contribution in [-0.4, -0.2) is 5.11 Å². The number of phenolic OH excluding ortho intramolecular Hbond substituents is 1. The van der Waals surface area contributed by atoms with Crippen LogP contribution < -0.4 is 0 Å². The van der Waals surface area contributed by atoms with Gasteiger partial charge in [0.2, 0.25) is 0 Å². The molecular weight excluding hydrogens is 196 g/mol. The summed E-state index contributed by atoms with van der Waals surface area (Å²) in [4.78, 5) is 0. The quantitative estimate of drug-likeness (QED) is 0.778. The van der Waals surface area contributed by atoms with E-state index in [9.17, 15) is 5.11 Å². The maximum atomic E-state index is 9.97. The molecule has 0 bridgehead atoms. The van der Waals surface area contributed by atoms with Gasteiger partial charge in [-0.05, 0) is 35.4 Å². The maximum Gasteiger partial charge on any atom is 0.119 e. The van der Waals surface area contributed by atoms with Crippen LogP contribution in [0.3, 0.4) is 0 Å². The average Bonchev–Trinajstić information content (AvgIpc) is 2.27. The molecule has 0 aromatic heterocycles. The Morgan fingerprint density at radius 1 is 1.19 bits per heavy atom. The number of hydrogen-bond acceptors (Lipinski definition) is 1. The molecule has 0 aliphatic carbocycles. The molecular formula is C15H24O. The molecule has 0 amide bonds. The Labute approximate surface area is 99.5 Å². The third-order valence-electron chi connectivity index (χ3n) is 3.35. The van der Waals surface area contributed by atoms with Gasteiger partial charge in [0.15, 0.2) is 0 Å². The highest BCUT2D eigenvalue weighted by atomic mass is 16.3. The summed E-state index contributed by atoms with van der Waals surface area (Å²) in [5.74, 6) is 0.443. The van der Waals surface area contributed by atoms with Gasteiger partial charge >= 0.3 is 0 Å². The number of hydrogen-bond donors (Lipinski definition) is 1. The molecule has 90 valence electrons. The van der Waals surface area contributed by atoms with E-state index in [0.717, 1.165) is 18.4 Å². The largest absolute Gasteiger partial charge is 0.508 e. The fraction of sp³-hybridized carbons (Fsp3) is 0.600. The Bertz CT molecular complexity index is 339. The smallest absolute Gasteiger partial charge is 0.119 e. The maximum absolute atomic E-state index is 9.97. The Hall–Kier alpha value is -0.980. The number of aryl methyl sites for hydroxylation is 1. The van der Waals surface area contributed by atoms with Gasteiger partial charge in [-0.3, -0.25) is 0 Å². The number of unbranched alkanes of at least 4 members (excludes halogenated alkanes) is 1. The topological polar surface area (TPSA) is 20.2 Å². The lowest BCUT2D eigenvalue weighted by Crippen LogP contribution is -2.17. The highest BCUT2D eigenvalue weighted by Gasteiger charge is 2.23. The molecule has 1 nitrogen and oxygen atoms in total. The van der Waals surface area contributed by atoms with Gasteiger partial charge in [-0.2, -0.15) is 0 Å². The van der Waals surface area contributed by atoms with Crippen molar-refractivity contribution in [2.75, 3.05) is 0 Å². The van der Waals surface area contributed by atoms with Gasteiger partial charge in [-0.1, -0.05) is 52.7 Å². The second-order valence-electron chi connectivity index (χ2n) is 5.19. The van der Waals surface area contributed by atoms with Gasteiger partial charge in [-0.25, -0.2) is 0 Å². The molecule has 1 aromatic carbocycles. The molecule has 1 rings (SSSR count). The Kier molecular flexibility index (Phi) is 4.40. The summed E-state index contributed by atoms with van der Waals surface area (Å²) in [5, 5.41) is 9.97. The van der Waals surface area contributed by atoms with Gasteiger partial charge < -0.3 is 5.11 Å². The van der Waals surface area contributed by atoms with E-state index in [-0.39, 0.29) is 5.41 Å². The summed E-state index contributed by atoms with van der Waals surface area (Å²) in [7, 11) is 0. The van der Waals surface area contributed by atoms with Crippen molar-refractivity contribution in [3.05, 3.63) is 29.3 Å². The van der Waals surface area contributed by atoms with Crippen molar-refractivity contribution in [3.63, 3.8) is 0 Å². The van der Waals surface area contributed by atoms with E-state index in [2.05, 4.69) is 33.8 Å². The summed E-state index contributed by atoms with van der Waals surface area (Å²) in [6.07, 6.45) is 4.57. The lowest BCUT2D eigenvalue weighted by molar-refractivity contribution is 0.411. The number of aromatic hydroxyl groups is 1. The summed E-state index contributed by atoms with van der Waals surface area (Å²) in [6.45, 7) is 8.79. The molecule has 1 heteroatoms. The molecule has 0 aliphatic heterocycles. The number of benzene rings is 1. The zero-order chi connectivity index (χ0) is 12.2. The van der Waals surface area contributed by atoms with Crippen LogP contribution in [0.5, 0.6) is 5.75 Å². The van der Waals surface area contributed by atoms with Crippen LogP contribution in [0.25, 0.3) is 0 Å². The first-order valence-corrected chi connectivity index (χ1v) is 6.33. The second-order valence-corrected chi connectivity index (χ2v) is 5.19. The lowest BCUT2D eigenvalue weighted by Gasteiger charge is -2.26. The highest BCUT2D eigenvalue weighted by molar-refractivity contribution is 5.40. The minimum absolute atomic E-state index is 0.0747. The molecule has 16 heavy (non-hydrogen) atoms. The van der Waals surface area contributed by atoms with Gasteiger partial charge in [0.05, 0.1) is 0 Å². The van der Waals surface area contributed by atoms with E-state index in [4.69, 9.17) is 0 Å². The molecule has 0 heterocycles. The standard InChI is InChI=1S/C15H24O/c1-5-7-10-15(3,4)13-11-12(6-2)8-9-14(13)16/h8-9,11,16H,5-7,10H2,1-4H3. The SMILES string of the molecule is CCCCC(C)(C)c1cc(CC)ccc1O. The molecule has 0 unspecified atom stereocenters. The molecule has 1 aromatic rings. The van der Waals surface area contributed by atoms with Crippen LogP contribution >= 0.6 is 0 Å². The minimum Gasteiger partial charge on any atom is -0.508 e. The first kappa shape index (κ1) is 13.1. The summed E-state index contributed by atoms with van der Waals surface area (Å²) in [5.41, 5.74) is 2.48. The summed E-state index contributed by atoms with van der Waals surface area (Å²) < 4.78 is 0. The minimum atomic E-state index is 0.0747. The predicted octanol–water partition coefficient (Wildman–Crippen LogP) is 4.42. The number of rotatable bonds is 5. The molecule has 0 aliphatic rings. The van der Waals surface area contributed by atoms with E-state index in [1.807, 2.05) is 12.1 Å². The zero-order valence-electron chi connectivity index (χ0n) is 11.0. The summed E-state index contributed by atoms with van der Waals surface area (Å²) >= 11 is 0. The van der Waals surface area contributed by atoms with Gasteiger partial charge in [0, 0.05) is 0 Å². The van der Waals surface area contributed by atoms with Crippen LogP contribution in [0.2, 0.25) is 0 Å². The van der Waals surface area contributed by atoms with Crippen molar-refractivity contribution < 1.29 is 5.11 Å². The molecule has 0 radical (unpaired) electrons. The second kappa shape index (κ2) is 5.38. The molecule has 1 N–H and O–H groups in total. The van der Waals surface area contributed by atoms with E-state index in [1.54, 1.807) is 0 Å². The first-order valence-electron chi connectivity index (χ1n) is 6.33. The van der Waals surface area contributed by atoms with Crippen molar-refractivity contribution in [3.8, 4) is 5.75 Å². The van der Waals surface area contributed by atoms with Crippen molar-refractivity contribution in [2.24, 2.45) is 0 Å². The Balaban J connectivity index is 3.00. The molecule has 0 saturated heterocycles. The number of phenols is 1. The first-order chi connectivity index (χ1) is 7.51. The lowest BCUT2D eigenvalue weighted by atomic mass is 9.79. The normalized spacial score (nSPS) is 11.8. The fourth-order valence-electron chi connectivity index (χ4n) is 2.10. The van der Waals surface area contributed by atoms with Crippen molar-refractivity contribution in [2.45, 2.75) is 58.8 Å². The van der Waals surface area contributed by atoms with E-state index < -0.39 is 0 Å². The van der Waals surface area contributed by atoms with Crippen LogP contribution in [0.15, 0.2) is 18.2 Å². The van der Waals surface area contributed by atoms with Gasteiger partial charge in [0.1, 0.15) is 5.75 Å². The van der Waals surface area contributed by atoms with Crippen molar-refractivity contribution in [1.29, 1.82) is 0 Å². The molecule has 0 fully saturated rings. The zero-order valence-corrected chi connectivity index (χ0v) is 11.0. The van der Waals surface area contributed by atoms with E-state index >= 15 is 0 Å². The third kappa shape index (κ3) is 3.01. The molecule has 0 spiro atoms. The van der Waals surface area contributed by atoms with Crippen LogP contribution in [-0.2, 0) is 11.8 Å². The Morgan fingerprint density at radius 2 is 1.88 bits per heavy atom.